The van der Waals surface area contributed by atoms with Crippen molar-refractivity contribution in [1.82, 2.24) is 0 Å². The van der Waals surface area contributed by atoms with Gasteiger partial charge in [0.15, 0.2) is 5.58 Å². The Kier molecular flexibility index (Phi) is 2.48. The van der Waals surface area contributed by atoms with Crippen LogP contribution in [0.15, 0.2) is 68.2 Å². The molecule has 0 N–H and O–H groups in total. The molecule has 3 heteroatoms. The van der Waals surface area contributed by atoms with E-state index >= 15 is 0 Å². The summed E-state index contributed by atoms with van der Waals surface area (Å²) in [5.41, 5.74) is 2.88. The third-order valence-corrected chi connectivity index (χ3v) is 3.62. The fourth-order valence-electron chi connectivity index (χ4n) is 2.50. The summed E-state index contributed by atoms with van der Waals surface area (Å²) in [7, 11) is 0. The summed E-state index contributed by atoms with van der Waals surface area (Å²) in [5.74, 6) is 0.675. The Bertz CT molecular complexity index is 1000. The highest BCUT2D eigenvalue weighted by molar-refractivity contribution is 6.01. The van der Waals surface area contributed by atoms with Crippen LogP contribution < -0.4 is 5.63 Å². The zero-order valence-electron chi connectivity index (χ0n) is 11.4. The Morgan fingerprint density at radius 1 is 0.857 bits per heavy atom. The molecule has 0 fully saturated rings. The van der Waals surface area contributed by atoms with Crippen LogP contribution in [0, 0.1) is 6.92 Å². The Balaban J connectivity index is 2.05. The number of furan rings is 1. The Hall–Kier alpha value is -2.81. The van der Waals surface area contributed by atoms with Crippen molar-refractivity contribution < 1.29 is 8.83 Å². The Morgan fingerprint density at radius 2 is 1.62 bits per heavy atom. The number of aryl methyl sites for hydroxylation is 1. The number of para-hydroxylation sites is 1. The molecule has 4 rings (SSSR count). The molecular weight excluding hydrogens is 264 g/mol. The summed E-state index contributed by atoms with van der Waals surface area (Å²) in [6, 6.07) is 17.1. The van der Waals surface area contributed by atoms with Gasteiger partial charge in [-0.05, 0) is 25.1 Å². The first kappa shape index (κ1) is 12.0. The van der Waals surface area contributed by atoms with Crippen LogP contribution in [0.5, 0.6) is 0 Å². The SMILES string of the molecule is Cc1ccc(-c2cc3c(=O)oc4ccccc4c3o2)cc1. The first-order valence-corrected chi connectivity index (χ1v) is 6.75. The largest absolute Gasteiger partial charge is 0.455 e. The third kappa shape index (κ3) is 1.86. The number of rotatable bonds is 1. The predicted octanol–water partition coefficient (Wildman–Crippen LogP) is 4.51. The molecule has 2 heterocycles. The van der Waals surface area contributed by atoms with Crippen LogP contribution in [0.25, 0.3) is 33.3 Å². The third-order valence-electron chi connectivity index (χ3n) is 3.62. The molecule has 0 spiro atoms. The number of fused-ring (bicyclic) bond motifs is 3. The predicted molar refractivity (Wildman–Crippen MR) is 82.4 cm³/mol. The highest BCUT2D eigenvalue weighted by Gasteiger charge is 2.13. The van der Waals surface area contributed by atoms with Gasteiger partial charge in [-0.25, -0.2) is 4.79 Å². The van der Waals surface area contributed by atoms with Gasteiger partial charge in [0.2, 0.25) is 0 Å². The van der Waals surface area contributed by atoms with Gasteiger partial charge >= 0.3 is 5.63 Å². The van der Waals surface area contributed by atoms with Crippen molar-refractivity contribution in [2.75, 3.05) is 0 Å². The van der Waals surface area contributed by atoms with Gasteiger partial charge in [0.05, 0.1) is 5.39 Å². The Morgan fingerprint density at radius 3 is 2.43 bits per heavy atom. The summed E-state index contributed by atoms with van der Waals surface area (Å²) in [6.45, 7) is 2.03. The molecule has 4 aromatic rings. The second kappa shape index (κ2) is 4.35. The van der Waals surface area contributed by atoms with Crippen LogP contribution in [0.3, 0.4) is 0 Å². The van der Waals surface area contributed by atoms with Crippen molar-refractivity contribution in [3.05, 3.63) is 70.6 Å². The van der Waals surface area contributed by atoms with E-state index in [1.807, 2.05) is 49.4 Å². The molecule has 0 aliphatic rings. The summed E-state index contributed by atoms with van der Waals surface area (Å²) < 4.78 is 11.3. The minimum atomic E-state index is -0.370. The highest BCUT2D eigenvalue weighted by atomic mass is 16.4. The topological polar surface area (TPSA) is 43.4 Å². The van der Waals surface area contributed by atoms with E-state index in [1.165, 1.54) is 5.56 Å². The quantitative estimate of drug-likeness (QED) is 0.480. The van der Waals surface area contributed by atoms with E-state index in [1.54, 1.807) is 12.1 Å². The number of benzene rings is 2. The van der Waals surface area contributed by atoms with Crippen molar-refractivity contribution in [3.8, 4) is 11.3 Å². The molecular formula is C18H12O3. The smallest absolute Gasteiger partial charge is 0.347 e. The maximum atomic E-state index is 12.1. The maximum Gasteiger partial charge on any atom is 0.347 e. The molecule has 0 aliphatic carbocycles. The molecule has 0 saturated carbocycles. The lowest BCUT2D eigenvalue weighted by atomic mass is 10.1. The lowest BCUT2D eigenvalue weighted by Crippen LogP contribution is -1.97. The van der Waals surface area contributed by atoms with Gasteiger partial charge < -0.3 is 8.83 Å². The first-order chi connectivity index (χ1) is 10.2. The summed E-state index contributed by atoms with van der Waals surface area (Å²) in [6.07, 6.45) is 0. The van der Waals surface area contributed by atoms with E-state index < -0.39 is 0 Å². The van der Waals surface area contributed by atoms with Crippen molar-refractivity contribution in [2.45, 2.75) is 6.92 Å². The zero-order valence-corrected chi connectivity index (χ0v) is 11.4. The monoisotopic (exact) mass is 276 g/mol. The molecule has 0 aliphatic heterocycles. The van der Waals surface area contributed by atoms with E-state index in [0.717, 1.165) is 10.9 Å². The van der Waals surface area contributed by atoms with E-state index in [9.17, 15) is 4.79 Å². The fraction of sp³-hybridized carbons (Fsp3) is 0.0556. The van der Waals surface area contributed by atoms with Crippen LogP contribution in [0.2, 0.25) is 0 Å². The summed E-state index contributed by atoms with van der Waals surface area (Å²) in [4.78, 5) is 12.1. The van der Waals surface area contributed by atoms with Crippen LogP contribution in [0.1, 0.15) is 5.56 Å². The second-order valence-electron chi connectivity index (χ2n) is 5.11. The maximum absolute atomic E-state index is 12.1. The van der Waals surface area contributed by atoms with Crippen molar-refractivity contribution in [2.24, 2.45) is 0 Å². The van der Waals surface area contributed by atoms with Crippen molar-refractivity contribution in [1.29, 1.82) is 0 Å². The lowest BCUT2D eigenvalue weighted by Gasteiger charge is -1.97. The molecule has 0 amide bonds. The minimum absolute atomic E-state index is 0.370. The molecule has 0 bridgehead atoms. The number of hydrogen-bond donors (Lipinski definition) is 0. The molecule has 0 unspecified atom stereocenters. The average Bonchev–Trinajstić information content (AvgIpc) is 2.94. The van der Waals surface area contributed by atoms with E-state index in [-0.39, 0.29) is 5.63 Å². The van der Waals surface area contributed by atoms with Gasteiger partial charge in [-0.1, -0.05) is 42.0 Å². The van der Waals surface area contributed by atoms with Crippen LogP contribution in [-0.4, -0.2) is 0 Å². The Labute approximate surface area is 120 Å². The molecule has 21 heavy (non-hydrogen) atoms. The molecule has 2 aromatic heterocycles. The van der Waals surface area contributed by atoms with E-state index in [0.29, 0.717) is 22.3 Å². The normalized spacial score (nSPS) is 11.3. The van der Waals surface area contributed by atoms with Crippen molar-refractivity contribution in [3.63, 3.8) is 0 Å². The van der Waals surface area contributed by atoms with Crippen LogP contribution >= 0.6 is 0 Å². The average molecular weight is 276 g/mol. The zero-order chi connectivity index (χ0) is 14.4. The molecule has 102 valence electrons. The molecule has 0 saturated heterocycles. The van der Waals surface area contributed by atoms with Gasteiger partial charge in [-0.15, -0.1) is 0 Å². The second-order valence-corrected chi connectivity index (χ2v) is 5.11. The minimum Gasteiger partial charge on any atom is -0.455 e. The van der Waals surface area contributed by atoms with Crippen LogP contribution in [0.4, 0.5) is 0 Å². The van der Waals surface area contributed by atoms with Gasteiger partial charge in [0.1, 0.15) is 16.7 Å². The van der Waals surface area contributed by atoms with Gasteiger partial charge in [0.25, 0.3) is 0 Å². The first-order valence-electron chi connectivity index (χ1n) is 6.75. The molecule has 0 atom stereocenters. The van der Waals surface area contributed by atoms with Gasteiger partial charge in [-0.3, -0.25) is 0 Å². The molecule has 2 aromatic carbocycles. The van der Waals surface area contributed by atoms with Gasteiger partial charge in [-0.2, -0.15) is 0 Å². The summed E-state index contributed by atoms with van der Waals surface area (Å²) >= 11 is 0. The number of hydrogen-bond acceptors (Lipinski definition) is 3. The standard InChI is InChI=1S/C18H12O3/c1-11-6-8-12(9-7-11)16-10-14-17(20-16)13-4-2-3-5-15(13)21-18(14)19/h2-10H,1H3. The van der Waals surface area contributed by atoms with Crippen LogP contribution in [-0.2, 0) is 0 Å². The van der Waals surface area contributed by atoms with Gasteiger partial charge in [0, 0.05) is 5.56 Å². The highest BCUT2D eigenvalue weighted by Crippen LogP contribution is 2.30. The van der Waals surface area contributed by atoms with E-state index in [4.69, 9.17) is 8.83 Å². The van der Waals surface area contributed by atoms with Crippen molar-refractivity contribution >= 4 is 21.9 Å². The fourth-order valence-corrected chi connectivity index (χ4v) is 2.50. The summed E-state index contributed by atoms with van der Waals surface area (Å²) in [5, 5.41) is 1.29. The van der Waals surface area contributed by atoms with E-state index in [2.05, 4.69) is 0 Å². The lowest BCUT2D eigenvalue weighted by molar-refractivity contribution is 0.565. The molecule has 0 radical (unpaired) electrons. The molecule has 3 nitrogen and oxygen atoms in total.